The van der Waals surface area contributed by atoms with Gasteiger partial charge in [-0.15, -0.1) is 0 Å². The van der Waals surface area contributed by atoms with E-state index >= 15 is 0 Å². The van der Waals surface area contributed by atoms with Crippen LogP contribution in [0.3, 0.4) is 0 Å². The molecule has 0 bridgehead atoms. The second-order valence-corrected chi connectivity index (χ2v) is 5.84. The van der Waals surface area contributed by atoms with Gasteiger partial charge in [0.1, 0.15) is 0 Å². The van der Waals surface area contributed by atoms with E-state index in [0.717, 1.165) is 36.8 Å². The van der Waals surface area contributed by atoms with Crippen LogP contribution in [0.2, 0.25) is 0 Å². The van der Waals surface area contributed by atoms with Gasteiger partial charge in [0.05, 0.1) is 11.5 Å². The van der Waals surface area contributed by atoms with E-state index in [1.54, 1.807) is 6.92 Å². The van der Waals surface area contributed by atoms with E-state index in [1.807, 2.05) is 24.3 Å². The third kappa shape index (κ3) is 3.81. The lowest BCUT2D eigenvalue weighted by molar-refractivity contribution is -0.138. The molecule has 0 aliphatic heterocycles. The Balaban J connectivity index is 1.83. The van der Waals surface area contributed by atoms with Crippen LogP contribution in [0.5, 0.6) is 0 Å². The molecule has 1 aliphatic carbocycles. The number of carbonyl (C=O) groups is 1. The summed E-state index contributed by atoms with van der Waals surface area (Å²) in [6.07, 6.45) is 3.99. The summed E-state index contributed by atoms with van der Waals surface area (Å²) in [5, 5.41) is 22.5. The molecule has 2 rings (SSSR count). The molecule has 0 heterocycles. The first-order chi connectivity index (χ1) is 9.50. The minimum atomic E-state index is -0.806. The molecular weight excluding hydrogens is 254 g/mol. The number of hydrogen-bond donors (Lipinski definition) is 3. The number of hydrogen-bond acceptors (Lipinski definition) is 3. The van der Waals surface area contributed by atoms with Crippen molar-refractivity contribution in [2.75, 3.05) is 6.54 Å². The Morgan fingerprint density at radius 3 is 2.45 bits per heavy atom. The van der Waals surface area contributed by atoms with Crippen LogP contribution in [-0.4, -0.2) is 28.3 Å². The molecule has 1 unspecified atom stereocenters. The Kier molecular flexibility index (Phi) is 4.78. The highest BCUT2D eigenvalue weighted by atomic mass is 16.4. The van der Waals surface area contributed by atoms with E-state index in [9.17, 15) is 9.90 Å². The lowest BCUT2D eigenvalue weighted by Gasteiger charge is -2.22. The lowest BCUT2D eigenvalue weighted by atomic mass is 10.00. The number of nitrogens with one attached hydrogen (secondary N) is 1. The molecule has 1 aliphatic rings. The predicted molar refractivity (Wildman–Crippen MR) is 77.6 cm³/mol. The topological polar surface area (TPSA) is 69.6 Å². The van der Waals surface area contributed by atoms with Crippen LogP contribution >= 0.6 is 0 Å². The molecule has 4 heteroatoms. The van der Waals surface area contributed by atoms with Crippen LogP contribution < -0.4 is 5.32 Å². The van der Waals surface area contributed by atoms with Crippen molar-refractivity contribution >= 4 is 5.97 Å². The number of aliphatic hydroxyl groups is 1. The largest absolute Gasteiger partial charge is 0.481 e. The van der Waals surface area contributed by atoms with E-state index in [1.165, 1.54) is 0 Å². The Labute approximate surface area is 119 Å². The maximum atomic E-state index is 10.9. The fourth-order valence-electron chi connectivity index (χ4n) is 2.72. The number of carboxylic acid groups (broad SMARTS) is 1. The number of aliphatic carboxylic acids is 1. The zero-order valence-corrected chi connectivity index (χ0v) is 11.9. The molecule has 0 aromatic heterocycles. The second kappa shape index (κ2) is 6.37. The van der Waals surface area contributed by atoms with Crippen molar-refractivity contribution in [3.05, 3.63) is 35.4 Å². The Bertz CT molecular complexity index is 449. The molecule has 0 amide bonds. The van der Waals surface area contributed by atoms with Crippen LogP contribution in [0.4, 0.5) is 0 Å². The molecule has 1 atom stereocenters. The molecule has 1 aromatic rings. The van der Waals surface area contributed by atoms with Crippen molar-refractivity contribution in [1.29, 1.82) is 0 Å². The third-order valence-electron chi connectivity index (χ3n) is 4.17. The van der Waals surface area contributed by atoms with E-state index in [2.05, 4.69) is 5.32 Å². The molecule has 1 saturated carbocycles. The normalized spacial score (nSPS) is 18.9. The SMILES string of the molecule is CC(C(=O)O)c1ccc(CNCC2(O)CCCC2)cc1. The van der Waals surface area contributed by atoms with Gasteiger partial charge in [0.2, 0.25) is 0 Å². The quantitative estimate of drug-likeness (QED) is 0.746. The van der Waals surface area contributed by atoms with Crippen LogP contribution in [0.15, 0.2) is 24.3 Å². The molecule has 1 aromatic carbocycles. The van der Waals surface area contributed by atoms with Crippen LogP contribution in [0.25, 0.3) is 0 Å². The van der Waals surface area contributed by atoms with Crippen LogP contribution in [0.1, 0.15) is 49.7 Å². The number of benzene rings is 1. The highest BCUT2D eigenvalue weighted by molar-refractivity contribution is 5.75. The lowest BCUT2D eigenvalue weighted by Crippen LogP contribution is -2.37. The van der Waals surface area contributed by atoms with Gasteiger partial charge < -0.3 is 15.5 Å². The summed E-state index contributed by atoms with van der Waals surface area (Å²) in [6.45, 7) is 3.01. The van der Waals surface area contributed by atoms with Gasteiger partial charge in [0, 0.05) is 13.1 Å². The molecule has 0 radical (unpaired) electrons. The van der Waals surface area contributed by atoms with Gasteiger partial charge in [-0.2, -0.15) is 0 Å². The first kappa shape index (κ1) is 15.0. The molecule has 0 saturated heterocycles. The maximum absolute atomic E-state index is 10.9. The smallest absolute Gasteiger partial charge is 0.310 e. The highest BCUT2D eigenvalue weighted by Gasteiger charge is 2.30. The first-order valence-electron chi connectivity index (χ1n) is 7.25. The van der Waals surface area contributed by atoms with E-state index < -0.39 is 17.5 Å². The van der Waals surface area contributed by atoms with Crippen LogP contribution in [-0.2, 0) is 11.3 Å². The monoisotopic (exact) mass is 277 g/mol. The Hall–Kier alpha value is -1.39. The average molecular weight is 277 g/mol. The van der Waals surface area contributed by atoms with Crippen LogP contribution in [0, 0.1) is 0 Å². The fourth-order valence-corrected chi connectivity index (χ4v) is 2.72. The molecule has 0 spiro atoms. The summed E-state index contributed by atoms with van der Waals surface area (Å²) < 4.78 is 0. The summed E-state index contributed by atoms with van der Waals surface area (Å²) in [6, 6.07) is 7.61. The summed E-state index contributed by atoms with van der Waals surface area (Å²) in [5.41, 5.74) is 1.39. The van der Waals surface area contributed by atoms with Crippen molar-refractivity contribution in [3.8, 4) is 0 Å². The van der Waals surface area contributed by atoms with Gasteiger partial charge in [0.25, 0.3) is 0 Å². The predicted octanol–water partition coefficient (Wildman–Crippen LogP) is 2.27. The average Bonchev–Trinajstić information content (AvgIpc) is 2.85. The molecule has 1 fully saturated rings. The van der Waals surface area contributed by atoms with Gasteiger partial charge in [-0.3, -0.25) is 4.79 Å². The van der Waals surface area contributed by atoms with E-state index in [4.69, 9.17) is 5.11 Å². The van der Waals surface area contributed by atoms with Crippen molar-refractivity contribution in [3.63, 3.8) is 0 Å². The van der Waals surface area contributed by atoms with Gasteiger partial charge in [0.15, 0.2) is 0 Å². The molecule has 110 valence electrons. The Morgan fingerprint density at radius 2 is 1.90 bits per heavy atom. The fraction of sp³-hybridized carbons (Fsp3) is 0.562. The first-order valence-corrected chi connectivity index (χ1v) is 7.25. The summed E-state index contributed by atoms with van der Waals surface area (Å²) >= 11 is 0. The van der Waals surface area contributed by atoms with Gasteiger partial charge in [-0.1, -0.05) is 37.1 Å². The maximum Gasteiger partial charge on any atom is 0.310 e. The summed E-state index contributed by atoms with van der Waals surface area (Å²) in [4.78, 5) is 10.9. The van der Waals surface area contributed by atoms with Gasteiger partial charge >= 0.3 is 5.97 Å². The number of rotatable bonds is 6. The highest BCUT2D eigenvalue weighted by Crippen LogP contribution is 2.28. The summed E-state index contributed by atoms with van der Waals surface area (Å²) in [5.74, 6) is -1.28. The molecule has 20 heavy (non-hydrogen) atoms. The zero-order valence-electron chi connectivity index (χ0n) is 11.9. The van der Waals surface area contributed by atoms with Crippen molar-refractivity contribution in [1.82, 2.24) is 5.32 Å². The van der Waals surface area contributed by atoms with E-state index in [-0.39, 0.29) is 0 Å². The standard InChI is InChI=1S/C16H23NO3/c1-12(15(18)19)14-6-4-13(5-7-14)10-17-11-16(20)8-2-3-9-16/h4-7,12,17,20H,2-3,8-11H2,1H3,(H,18,19). The van der Waals surface area contributed by atoms with E-state index in [0.29, 0.717) is 13.1 Å². The van der Waals surface area contributed by atoms with Crippen molar-refractivity contribution < 1.29 is 15.0 Å². The van der Waals surface area contributed by atoms with Gasteiger partial charge in [-0.25, -0.2) is 0 Å². The zero-order chi connectivity index (χ0) is 14.6. The second-order valence-electron chi connectivity index (χ2n) is 5.84. The number of carboxylic acids is 1. The minimum absolute atomic E-state index is 0.476. The summed E-state index contributed by atoms with van der Waals surface area (Å²) in [7, 11) is 0. The van der Waals surface area contributed by atoms with Gasteiger partial charge in [-0.05, 0) is 30.9 Å². The Morgan fingerprint density at radius 1 is 1.30 bits per heavy atom. The minimum Gasteiger partial charge on any atom is -0.481 e. The van der Waals surface area contributed by atoms with Crippen molar-refractivity contribution in [2.24, 2.45) is 0 Å². The molecule has 3 N–H and O–H groups in total. The third-order valence-corrected chi connectivity index (χ3v) is 4.17. The molecular formula is C16H23NO3. The molecule has 4 nitrogen and oxygen atoms in total. The van der Waals surface area contributed by atoms with Crippen molar-refractivity contribution in [2.45, 2.75) is 50.7 Å².